The fourth-order valence-corrected chi connectivity index (χ4v) is 1.17. The second-order valence-corrected chi connectivity index (χ2v) is 3.53. The maximum absolute atomic E-state index is 13.3. The van der Waals surface area contributed by atoms with Crippen molar-refractivity contribution in [3.63, 3.8) is 0 Å². The van der Waals surface area contributed by atoms with Crippen LogP contribution in [0.2, 0.25) is 0 Å². The van der Waals surface area contributed by atoms with Crippen molar-refractivity contribution in [2.75, 3.05) is 0 Å². The van der Waals surface area contributed by atoms with Gasteiger partial charge >= 0.3 is 0 Å². The van der Waals surface area contributed by atoms with Gasteiger partial charge in [0.05, 0.1) is 12.7 Å². The monoisotopic (exact) mass is 198 g/mol. The van der Waals surface area contributed by atoms with E-state index in [0.717, 1.165) is 0 Å². The van der Waals surface area contributed by atoms with Gasteiger partial charge in [-0.05, 0) is 38.5 Å². The minimum Gasteiger partial charge on any atom is -0.491 e. The Hall–Kier alpha value is -1.09. The summed E-state index contributed by atoms with van der Waals surface area (Å²) in [7, 11) is 0. The maximum atomic E-state index is 13.3. The first-order valence-corrected chi connectivity index (χ1v) is 4.61. The topological polar surface area (TPSA) is 29.5 Å². The van der Waals surface area contributed by atoms with Gasteiger partial charge in [-0.2, -0.15) is 0 Å². The lowest BCUT2D eigenvalue weighted by molar-refractivity contribution is 0.237. The van der Waals surface area contributed by atoms with Crippen LogP contribution in [0.15, 0.2) is 12.1 Å². The van der Waals surface area contributed by atoms with Crippen LogP contribution in [0.3, 0.4) is 0 Å². The van der Waals surface area contributed by atoms with Crippen molar-refractivity contribution in [2.45, 2.75) is 33.5 Å². The summed E-state index contributed by atoms with van der Waals surface area (Å²) >= 11 is 0. The number of halogens is 1. The molecule has 0 heterocycles. The Morgan fingerprint density at radius 2 is 2.07 bits per heavy atom. The summed E-state index contributed by atoms with van der Waals surface area (Å²) < 4.78 is 18.7. The zero-order valence-electron chi connectivity index (χ0n) is 8.67. The number of aliphatic hydroxyl groups excluding tert-OH is 1. The SMILES string of the molecule is Cc1c(F)cc(CO)cc1OC(C)C. The molecule has 2 nitrogen and oxygen atoms in total. The third-order valence-corrected chi connectivity index (χ3v) is 1.90. The molecule has 0 atom stereocenters. The Labute approximate surface area is 83.3 Å². The molecule has 0 unspecified atom stereocenters. The second-order valence-electron chi connectivity index (χ2n) is 3.53. The fourth-order valence-electron chi connectivity index (χ4n) is 1.17. The molecule has 0 saturated heterocycles. The second kappa shape index (κ2) is 4.42. The lowest BCUT2D eigenvalue weighted by Crippen LogP contribution is -2.08. The van der Waals surface area contributed by atoms with E-state index in [1.54, 1.807) is 13.0 Å². The Balaban J connectivity index is 3.07. The van der Waals surface area contributed by atoms with Crippen molar-refractivity contribution >= 4 is 0 Å². The Bertz CT molecular complexity index is 321. The number of hydrogen-bond acceptors (Lipinski definition) is 2. The van der Waals surface area contributed by atoms with Crippen LogP contribution >= 0.6 is 0 Å². The van der Waals surface area contributed by atoms with E-state index in [9.17, 15) is 4.39 Å². The molecule has 0 aliphatic carbocycles. The predicted molar refractivity (Wildman–Crippen MR) is 52.8 cm³/mol. The van der Waals surface area contributed by atoms with E-state index in [2.05, 4.69) is 0 Å². The summed E-state index contributed by atoms with van der Waals surface area (Å²) in [5, 5.41) is 8.89. The third kappa shape index (κ3) is 2.45. The zero-order valence-corrected chi connectivity index (χ0v) is 8.67. The number of hydrogen-bond donors (Lipinski definition) is 1. The van der Waals surface area contributed by atoms with Gasteiger partial charge in [0.25, 0.3) is 0 Å². The van der Waals surface area contributed by atoms with Gasteiger partial charge in [0.2, 0.25) is 0 Å². The van der Waals surface area contributed by atoms with Crippen molar-refractivity contribution in [3.8, 4) is 5.75 Å². The van der Waals surface area contributed by atoms with Crippen molar-refractivity contribution in [1.29, 1.82) is 0 Å². The molecule has 0 fully saturated rings. The molecule has 1 aromatic carbocycles. The van der Waals surface area contributed by atoms with Gasteiger partial charge in [-0.1, -0.05) is 0 Å². The first-order chi connectivity index (χ1) is 6.54. The zero-order chi connectivity index (χ0) is 10.7. The predicted octanol–water partition coefficient (Wildman–Crippen LogP) is 2.41. The largest absolute Gasteiger partial charge is 0.491 e. The Kier molecular flexibility index (Phi) is 3.47. The molecule has 0 radical (unpaired) electrons. The molecule has 0 spiro atoms. The van der Waals surface area contributed by atoms with Crippen LogP contribution in [-0.4, -0.2) is 11.2 Å². The maximum Gasteiger partial charge on any atom is 0.130 e. The summed E-state index contributed by atoms with van der Waals surface area (Å²) in [5.41, 5.74) is 1.01. The molecule has 1 N–H and O–H groups in total. The van der Waals surface area contributed by atoms with Crippen LogP contribution in [0.5, 0.6) is 5.75 Å². The number of rotatable bonds is 3. The van der Waals surface area contributed by atoms with Gasteiger partial charge < -0.3 is 9.84 Å². The highest BCUT2D eigenvalue weighted by molar-refractivity contribution is 5.37. The van der Waals surface area contributed by atoms with Crippen molar-refractivity contribution in [3.05, 3.63) is 29.1 Å². The van der Waals surface area contributed by atoms with E-state index in [1.165, 1.54) is 6.07 Å². The van der Waals surface area contributed by atoms with Gasteiger partial charge in [-0.25, -0.2) is 4.39 Å². The minimum atomic E-state index is -0.341. The highest BCUT2D eigenvalue weighted by atomic mass is 19.1. The highest BCUT2D eigenvalue weighted by Crippen LogP contribution is 2.24. The summed E-state index contributed by atoms with van der Waals surface area (Å²) in [5.74, 6) is 0.163. The van der Waals surface area contributed by atoms with E-state index < -0.39 is 0 Å². The van der Waals surface area contributed by atoms with E-state index >= 15 is 0 Å². The average molecular weight is 198 g/mol. The smallest absolute Gasteiger partial charge is 0.130 e. The summed E-state index contributed by atoms with van der Waals surface area (Å²) in [6.07, 6.45) is 0.00189. The molecule has 0 aromatic heterocycles. The van der Waals surface area contributed by atoms with Gasteiger partial charge in [-0.15, -0.1) is 0 Å². The van der Waals surface area contributed by atoms with Crippen molar-refractivity contribution in [2.24, 2.45) is 0 Å². The van der Waals surface area contributed by atoms with Gasteiger partial charge in [0.15, 0.2) is 0 Å². The normalized spacial score (nSPS) is 10.7. The van der Waals surface area contributed by atoms with Crippen molar-refractivity contribution in [1.82, 2.24) is 0 Å². The molecule has 14 heavy (non-hydrogen) atoms. The number of ether oxygens (including phenoxy) is 1. The fraction of sp³-hybridized carbons (Fsp3) is 0.455. The minimum absolute atomic E-state index is 0.00189. The molecule has 0 aliphatic rings. The third-order valence-electron chi connectivity index (χ3n) is 1.90. The van der Waals surface area contributed by atoms with Crippen LogP contribution in [0.25, 0.3) is 0 Å². The summed E-state index contributed by atoms with van der Waals surface area (Å²) in [6.45, 7) is 5.24. The molecule has 0 amide bonds. The van der Waals surface area contributed by atoms with Gasteiger partial charge in [-0.3, -0.25) is 0 Å². The van der Waals surface area contributed by atoms with Gasteiger partial charge in [0.1, 0.15) is 11.6 Å². The van der Waals surface area contributed by atoms with Crippen LogP contribution in [0, 0.1) is 12.7 Å². The lowest BCUT2D eigenvalue weighted by atomic mass is 10.1. The van der Waals surface area contributed by atoms with Gasteiger partial charge in [0, 0.05) is 5.56 Å². The number of benzene rings is 1. The van der Waals surface area contributed by atoms with Crippen molar-refractivity contribution < 1.29 is 14.2 Å². The Morgan fingerprint density at radius 1 is 1.43 bits per heavy atom. The summed E-state index contributed by atoms with van der Waals surface area (Å²) in [4.78, 5) is 0. The first-order valence-electron chi connectivity index (χ1n) is 4.61. The molecule has 0 aliphatic heterocycles. The van der Waals surface area contributed by atoms with E-state index in [0.29, 0.717) is 16.9 Å². The lowest BCUT2D eigenvalue weighted by Gasteiger charge is -2.13. The molecule has 78 valence electrons. The molecule has 3 heteroatoms. The standard InChI is InChI=1S/C11H15FO2/c1-7(2)14-11-5-9(6-13)4-10(12)8(11)3/h4-5,7,13H,6H2,1-3H3. The highest BCUT2D eigenvalue weighted by Gasteiger charge is 2.08. The molecule has 1 rings (SSSR count). The molecular weight excluding hydrogens is 183 g/mol. The molecular formula is C11H15FO2. The Morgan fingerprint density at radius 3 is 2.57 bits per heavy atom. The van der Waals surface area contributed by atoms with E-state index in [-0.39, 0.29) is 18.5 Å². The van der Waals surface area contributed by atoms with Crippen LogP contribution in [-0.2, 0) is 6.61 Å². The average Bonchev–Trinajstić information content (AvgIpc) is 2.11. The molecule has 0 bridgehead atoms. The molecule has 1 aromatic rings. The van der Waals surface area contributed by atoms with Crippen LogP contribution < -0.4 is 4.74 Å². The summed E-state index contributed by atoms with van der Waals surface area (Å²) in [6, 6.07) is 2.99. The number of aliphatic hydroxyl groups is 1. The first kappa shape index (κ1) is 11.0. The van der Waals surface area contributed by atoms with E-state index in [4.69, 9.17) is 9.84 Å². The quantitative estimate of drug-likeness (QED) is 0.808. The van der Waals surface area contributed by atoms with E-state index in [1.807, 2.05) is 13.8 Å². The molecule has 0 saturated carbocycles. The van der Waals surface area contributed by atoms with Crippen LogP contribution in [0.1, 0.15) is 25.0 Å². The van der Waals surface area contributed by atoms with Crippen LogP contribution in [0.4, 0.5) is 4.39 Å².